The standard InChI is InChI=1S/C11H14BrClN2O3/c1-17-10(18-2)6-14-11(16)15-9-4-3-7(12)5-8(9)13/h3-5,10H,6H2,1-2H3,(H2,14,15,16). The largest absolute Gasteiger partial charge is 0.354 e. The number of benzene rings is 1. The van der Waals surface area contributed by atoms with E-state index < -0.39 is 6.29 Å². The van der Waals surface area contributed by atoms with Gasteiger partial charge in [-0.2, -0.15) is 0 Å². The minimum atomic E-state index is -0.476. The number of carbonyl (C=O) groups is 1. The molecule has 0 atom stereocenters. The lowest BCUT2D eigenvalue weighted by atomic mass is 10.3. The number of nitrogens with one attached hydrogen (secondary N) is 2. The first-order chi connectivity index (χ1) is 8.56. The molecule has 0 saturated carbocycles. The Morgan fingerprint density at radius 2 is 2.11 bits per heavy atom. The van der Waals surface area contributed by atoms with E-state index >= 15 is 0 Å². The van der Waals surface area contributed by atoms with Crippen molar-refractivity contribution in [1.82, 2.24) is 5.32 Å². The zero-order valence-electron chi connectivity index (χ0n) is 10.00. The van der Waals surface area contributed by atoms with Gasteiger partial charge in [-0.1, -0.05) is 27.5 Å². The van der Waals surface area contributed by atoms with Crippen LogP contribution in [0.15, 0.2) is 22.7 Å². The minimum Gasteiger partial charge on any atom is -0.354 e. The lowest BCUT2D eigenvalue weighted by molar-refractivity contribution is -0.0970. The summed E-state index contributed by atoms with van der Waals surface area (Å²) in [5.74, 6) is 0. The van der Waals surface area contributed by atoms with Crippen LogP contribution in [0.25, 0.3) is 0 Å². The molecule has 0 heterocycles. The van der Waals surface area contributed by atoms with Crippen LogP contribution in [0.1, 0.15) is 0 Å². The number of rotatable bonds is 5. The van der Waals surface area contributed by atoms with Gasteiger partial charge in [-0.3, -0.25) is 0 Å². The summed E-state index contributed by atoms with van der Waals surface area (Å²) in [6.07, 6.45) is -0.476. The maximum absolute atomic E-state index is 11.6. The minimum absolute atomic E-state index is 0.243. The van der Waals surface area contributed by atoms with Crippen molar-refractivity contribution in [2.75, 3.05) is 26.1 Å². The number of ether oxygens (including phenoxy) is 2. The Morgan fingerprint density at radius 1 is 1.44 bits per heavy atom. The average molecular weight is 338 g/mol. The highest BCUT2D eigenvalue weighted by Crippen LogP contribution is 2.25. The SMILES string of the molecule is COC(CNC(=O)Nc1ccc(Br)cc1Cl)OC. The van der Waals surface area contributed by atoms with Crippen LogP contribution in [0.2, 0.25) is 5.02 Å². The Hall–Kier alpha value is -0.820. The fourth-order valence-electron chi connectivity index (χ4n) is 1.20. The molecule has 0 aromatic heterocycles. The summed E-state index contributed by atoms with van der Waals surface area (Å²) < 4.78 is 10.7. The Morgan fingerprint density at radius 3 is 2.67 bits per heavy atom. The van der Waals surface area contributed by atoms with E-state index in [1.807, 2.05) is 0 Å². The van der Waals surface area contributed by atoms with Gasteiger partial charge in [-0.15, -0.1) is 0 Å². The Bertz CT molecular complexity index is 413. The quantitative estimate of drug-likeness (QED) is 0.812. The molecule has 1 rings (SSSR count). The van der Waals surface area contributed by atoms with Gasteiger partial charge in [-0.05, 0) is 18.2 Å². The predicted octanol–water partition coefficient (Wildman–Crippen LogP) is 2.84. The molecule has 0 aliphatic carbocycles. The van der Waals surface area contributed by atoms with Gasteiger partial charge in [0.25, 0.3) is 0 Å². The van der Waals surface area contributed by atoms with Crippen LogP contribution in [0.4, 0.5) is 10.5 Å². The highest BCUT2D eigenvalue weighted by Gasteiger charge is 2.09. The number of anilines is 1. The van der Waals surface area contributed by atoms with Gasteiger partial charge < -0.3 is 20.1 Å². The maximum Gasteiger partial charge on any atom is 0.319 e. The van der Waals surface area contributed by atoms with Gasteiger partial charge >= 0.3 is 6.03 Å². The third-order valence-corrected chi connectivity index (χ3v) is 2.94. The number of halogens is 2. The van der Waals surface area contributed by atoms with Crippen LogP contribution < -0.4 is 10.6 Å². The number of carbonyl (C=O) groups excluding carboxylic acids is 1. The molecule has 7 heteroatoms. The second-order valence-electron chi connectivity index (χ2n) is 3.36. The molecule has 0 saturated heterocycles. The van der Waals surface area contributed by atoms with Crippen molar-refractivity contribution >= 4 is 39.2 Å². The van der Waals surface area contributed by atoms with E-state index in [1.54, 1.807) is 18.2 Å². The monoisotopic (exact) mass is 336 g/mol. The summed E-state index contributed by atoms with van der Waals surface area (Å²) in [5, 5.41) is 5.68. The third kappa shape index (κ3) is 4.81. The van der Waals surface area contributed by atoms with Gasteiger partial charge in [-0.25, -0.2) is 4.79 Å². The van der Waals surface area contributed by atoms with E-state index in [0.29, 0.717) is 10.7 Å². The second kappa shape index (κ2) is 7.58. The van der Waals surface area contributed by atoms with Crippen LogP contribution >= 0.6 is 27.5 Å². The summed E-state index contributed by atoms with van der Waals surface area (Å²) in [6, 6.07) is 4.81. The van der Waals surface area contributed by atoms with Crippen LogP contribution in [0.5, 0.6) is 0 Å². The lowest BCUT2D eigenvalue weighted by Crippen LogP contribution is -2.36. The summed E-state index contributed by atoms with van der Waals surface area (Å²) in [5.41, 5.74) is 0.531. The maximum atomic E-state index is 11.6. The molecule has 5 nitrogen and oxygen atoms in total. The topological polar surface area (TPSA) is 59.6 Å². The molecule has 1 aromatic rings. The lowest BCUT2D eigenvalue weighted by Gasteiger charge is -2.14. The van der Waals surface area contributed by atoms with E-state index in [4.69, 9.17) is 21.1 Å². The molecule has 0 unspecified atom stereocenters. The molecule has 0 spiro atoms. The zero-order chi connectivity index (χ0) is 13.5. The summed E-state index contributed by atoms with van der Waals surface area (Å²) in [6.45, 7) is 0.243. The summed E-state index contributed by atoms with van der Waals surface area (Å²) in [4.78, 5) is 11.6. The molecule has 0 radical (unpaired) electrons. The van der Waals surface area contributed by atoms with Crippen molar-refractivity contribution in [2.45, 2.75) is 6.29 Å². The van der Waals surface area contributed by atoms with Gasteiger partial charge in [0, 0.05) is 18.7 Å². The smallest absolute Gasteiger partial charge is 0.319 e. The van der Waals surface area contributed by atoms with Crippen molar-refractivity contribution < 1.29 is 14.3 Å². The van der Waals surface area contributed by atoms with Crippen molar-refractivity contribution in [3.8, 4) is 0 Å². The van der Waals surface area contributed by atoms with Gasteiger partial charge in [0.1, 0.15) is 0 Å². The highest BCUT2D eigenvalue weighted by atomic mass is 79.9. The normalized spacial score (nSPS) is 10.5. The van der Waals surface area contributed by atoms with Crippen LogP contribution in [0.3, 0.4) is 0 Å². The molecule has 0 bridgehead atoms. The van der Waals surface area contributed by atoms with E-state index in [1.165, 1.54) is 14.2 Å². The average Bonchev–Trinajstić information content (AvgIpc) is 2.34. The Balaban J connectivity index is 2.49. The molecular formula is C11H14BrClN2O3. The number of urea groups is 1. The van der Waals surface area contributed by atoms with Crippen LogP contribution in [0, 0.1) is 0 Å². The third-order valence-electron chi connectivity index (χ3n) is 2.13. The molecule has 0 aliphatic rings. The zero-order valence-corrected chi connectivity index (χ0v) is 12.3. The van der Waals surface area contributed by atoms with Crippen LogP contribution in [-0.2, 0) is 9.47 Å². The van der Waals surface area contributed by atoms with Gasteiger partial charge in [0.05, 0.1) is 17.3 Å². The summed E-state index contributed by atoms with van der Waals surface area (Å²) >= 11 is 9.25. The van der Waals surface area contributed by atoms with E-state index in [2.05, 4.69) is 26.6 Å². The molecule has 2 amide bonds. The predicted molar refractivity (Wildman–Crippen MR) is 74.0 cm³/mol. The second-order valence-corrected chi connectivity index (χ2v) is 4.68. The molecule has 18 heavy (non-hydrogen) atoms. The summed E-state index contributed by atoms with van der Waals surface area (Å²) in [7, 11) is 3.00. The van der Waals surface area contributed by atoms with Gasteiger partial charge in [0.2, 0.25) is 0 Å². The van der Waals surface area contributed by atoms with Crippen molar-refractivity contribution in [3.05, 3.63) is 27.7 Å². The van der Waals surface area contributed by atoms with E-state index in [9.17, 15) is 4.79 Å². The number of methoxy groups -OCH3 is 2. The van der Waals surface area contributed by atoms with Crippen molar-refractivity contribution in [3.63, 3.8) is 0 Å². The Labute approximate surface area is 119 Å². The molecule has 0 fully saturated rings. The molecule has 1 aromatic carbocycles. The van der Waals surface area contributed by atoms with E-state index in [-0.39, 0.29) is 12.6 Å². The highest BCUT2D eigenvalue weighted by molar-refractivity contribution is 9.10. The Kier molecular flexibility index (Phi) is 6.42. The molecular weight excluding hydrogens is 323 g/mol. The first-order valence-electron chi connectivity index (χ1n) is 5.12. The van der Waals surface area contributed by atoms with Crippen LogP contribution in [-0.4, -0.2) is 33.1 Å². The number of hydrogen-bond donors (Lipinski definition) is 2. The van der Waals surface area contributed by atoms with Crippen molar-refractivity contribution in [2.24, 2.45) is 0 Å². The van der Waals surface area contributed by atoms with E-state index in [0.717, 1.165) is 4.47 Å². The van der Waals surface area contributed by atoms with Gasteiger partial charge in [0.15, 0.2) is 6.29 Å². The number of hydrogen-bond acceptors (Lipinski definition) is 3. The fourth-order valence-corrected chi connectivity index (χ4v) is 1.92. The molecule has 0 aliphatic heterocycles. The fraction of sp³-hybridized carbons (Fsp3) is 0.364. The number of amides is 2. The first kappa shape index (κ1) is 15.2. The molecule has 2 N–H and O–H groups in total. The van der Waals surface area contributed by atoms with Crippen molar-refractivity contribution in [1.29, 1.82) is 0 Å². The first-order valence-corrected chi connectivity index (χ1v) is 6.29. The molecule has 100 valence electrons.